The monoisotopic (exact) mass is 508 g/mol. The van der Waals surface area contributed by atoms with Gasteiger partial charge in [0.25, 0.3) is 5.91 Å². The van der Waals surface area contributed by atoms with Gasteiger partial charge in [-0.15, -0.1) is 0 Å². The van der Waals surface area contributed by atoms with Gasteiger partial charge in [-0.1, -0.05) is 50.6 Å². The molecule has 0 spiro atoms. The van der Waals surface area contributed by atoms with Crippen molar-refractivity contribution in [3.63, 3.8) is 0 Å². The quantitative estimate of drug-likeness (QED) is 0.477. The van der Waals surface area contributed by atoms with Crippen molar-refractivity contribution >= 4 is 39.3 Å². The second-order valence-electron chi connectivity index (χ2n) is 7.87. The Morgan fingerprint density at radius 1 is 1.13 bits per heavy atom. The molecule has 0 aliphatic heterocycles. The number of nitrogens with one attached hydrogen (secondary N) is 1. The summed E-state index contributed by atoms with van der Waals surface area (Å²) in [6.07, 6.45) is 0.911. The maximum atomic E-state index is 13.1. The molecule has 2 rings (SSSR count). The lowest BCUT2D eigenvalue weighted by atomic mass is 10.1. The van der Waals surface area contributed by atoms with Crippen LogP contribution in [0.3, 0.4) is 0 Å². The lowest BCUT2D eigenvalue weighted by Crippen LogP contribution is -2.49. The van der Waals surface area contributed by atoms with Crippen LogP contribution in [-0.2, 0) is 22.6 Å². The van der Waals surface area contributed by atoms with E-state index in [2.05, 4.69) is 28.2 Å². The summed E-state index contributed by atoms with van der Waals surface area (Å²) in [6.45, 7) is 8.48. The summed E-state index contributed by atoms with van der Waals surface area (Å²) in [4.78, 5) is 27.3. The van der Waals surface area contributed by atoms with Gasteiger partial charge in [0.1, 0.15) is 11.8 Å². The Kier molecular flexibility index (Phi) is 9.85. The molecule has 0 aliphatic carbocycles. The molecule has 0 saturated heterocycles. The van der Waals surface area contributed by atoms with Gasteiger partial charge in [-0.3, -0.25) is 9.59 Å². The lowest BCUT2D eigenvalue weighted by molar-refractivity contribution is -0.142. The molecule has 1 N–H and O–H groups in total. The summed E-state index contributed by atoms with van der Waals surface area (Å²) in [5.41, 5.74) is 2.02. The van der Waals surface area contributed by atoms with Crippen LogP contribution in [0.4, 0.5) is 0 Å². The van der Waals surface area contributed by atoms with Crippen molar-refractivity contribution in [3.8, 4) is 5.75 Å². The Hall–Kier alpha value is -2.05. The number of benzene rings is 2. The summed E-state index contributed by atoms with van der Waals surface area (Å²) >= 11 is 9.60. The summed E-state index contributed by atoms with van der Waals surface area (Å²) in [5.74, 6) is 0.432. The molecule has 0 heterocycles. The Morgan fingerprint density at radius 3 is 2.48 bits per heavy atom. The number of rotatable bonds is 10. The van der Waals surface area contributed by atoms with E-state index < -0.39 is 6.04 Å². The van der Waals surface area contributed by atoms with Crippen LogP contribution in [-0.4, -0.2) is 35.9 Å². The SMILES string of the molecule is CCc1ccc(OCC(=O)N(Cc2cccc(Cl)c2)C(C)C(=O)NCC(C)C)c(Br)c1. The predicted molar refractivity (Wildman–Crippen MR) is 128 cm³/mol. The molecule has 0 fully saturated rings. The van der Waals surface area contributed by atoms with E-state index in [0.29, 0.717) is 23.2 Å². The van der Waals surface area contributed by atoms with Crippen molar-refractivity contribution in [1.82, 2.24) is 10.2 Å². The maximum absolute atomic E-state index is 13.1. The number of hydrogen-bond donors (Lipinski definition) is 1. The van der Waals surface area contributed by atoms with Crippen LogP contribution in [0, 0.1) is 5.92 Å². The molecule has 2 aromatic rings. The lowest BCUT2D eigenvalue weighted by Gasteiger charge is -2.29. The van der Waals surface area contributed by atoms with Crippen molar-refractivity contribution in [2.24, 2.45) is 5.92 Å². The van der Waals surface area contributed by atoms with Crippen molar-refractivity contribution in [1.29, 1.82) is 0 Å². The van der Waals surface area contributed by atoms with Crippen LogP contribution in [0.25, 0.3) is 0 Å². The first-order chi connectivity index (χ1) is 14.7. The molecule has 2 amide bonds. The molecule has 0 aliphatic rings. The van der Waals surface area contributed by atoms with Gasteiger partial charge < -0.3 is 15.0 Å². The van der Waals surface area contributed by atoms with Crippen molar-refractivity contribution in [2.75, 3.05) is 13.2 Å². The van der Waals surface area contributed by atoms with Crippen LogP contribution in [0.15, 0.2) is 46.9 Å². The molecular formula is C24H30BrClN2O3. The number of nitrogens with zero attached hydrogens (tertiary/aromatic N) is 1. The number of amides is 2. The van der Waals surface area contributed by atoms with Crippen LogP contribution >= 0.6 is 27.5 Å². The van der Waals surface area contributed by atoms with E-state index in [1.807, 2.05) is 44.2 Å². The van der Waals surface area contributed by atoms with Gasteiger partial charge in [-0.2, -0.15) is 0 Å². The highest BCUT2D eigenvalue weighted by Crippen LogP contribution is 2.26. The number of hydrogen-bond acceptors (Lipinski definition) is 3. The normalized spacial score (nSPS) is 11.8. The van der Waals surface area contributed by atoms with E-state index in [1.165, 1.54) is 10.5 Å². The minimum atomic E-state index is -0.653. The van der Waals surface area contributed by atoms with E-state index in [1.54, 1.807) is 19.1 Å². The molecular weight excluding hydrogens is 480 g/mol. The number of ether oxygens (including phenoxy) is 1. The summed E-state index contributed by atoms with van der Waals surface area (Å²) in [5, 5.41) is 3.48. The van der Waals surface area contributed by atoms with Crippen LogP contribution in [0.1, 0.15) is 38.8 Å². The Labute approximate surface area is 198 Å². The smallest absolute Gasteiger partial charge is 0.261 e. The van der Waals surface area contributed by atoms with Gasteiger partial charge in [0.05, 0.1) is 4.47 Å². The minimum Gasteiger partial charge on any atom is -0.483 e. The van der Waals surface area contributed by atoms with Gasteiger partial charge in [-0.05, 0) is 70.6 Å². The molecule has 31 heavy (non-hydrogen) atoms. The molecule has 7 heteroatoms. The highest BCUT2D eigenvalue weighted by atomic mass is 79.9. The second kappa shape index (κ2) is 12.1. The number of carbonyl (C=O) groups is 2. The van der Waals surface area contributed by atoms with Gasteiger partial charge in [0, 0.05) is 18.1 Å². The molecule has 0 radical (unpaired) electrons. The third-order valence-corrected chi connectivity index (χ3v) is 5.70. The van der Waals surface area contributed by atoms with E-state index in [-0.39, 0.29) is 25.0 Å². The topological polar surface area (TPSA) is 58.6 Å². The molecule has 5 nitrogen and oxygen atoms in total. The fourth-order valence-electron chi connectivity index (χ4n) is 2.97. The molecule has 2 aromatic carbocycles. The third-order valence-electron chi connectivity index (χ3n) is 4.85. The highest BCUT2D eigenvalue weighted by Gasteiger charge is 2.26. The maximum Gasteiger partial charge on any atom is 0.261 e. The van der Waals surface area contributed by atoms with Crippen LogP contribution in [0.5, 0.6) is 5.75 Å². The van der Waals surface area contributed by atoms with Gasteiger partial charge in [0.15, 0.2) is 6.61 Å². The molecule has 0 bridgehead atoms. The van der Waals surface area contributed by atoms with E-state index in [4.69, 9.17) is 16.3 Å². The molecule has 0 aromatic heterocycles. The Morgan fingerprint density at radius 2 is 1.87 bits per heavy atom. The predicted octanol–water partition coefficient (Wildman–Crippen LogP) is 5.23. The fourth-order valence-corrected chi connectivity index (χ4v) is 3.72. The van der Waals surface area contributed by atoms with Gasteiger partial charge in [0.2, 0.25) is 5.91 Å². The van der Waals surface area contributed by atoms with Crippen LogP contribution in [0.2, 0.25) is 5.02 Å². The van der Waals surface area contributed by atoms with Gasteiger partial charge in [-0.25, -0.2) is 0 Å². The average molecular weight is 510 g/mol. The fraction of sp³-hybridized carbons (Fsp3) is 0.417. The molecule has 1 unspecified atom stereocenters. The van der Waals surface area contributed by atoms with Gasteiger partial charge >= 0.3 is 0 Å². The molecule has 1 atom stereocenters. The number of aryl methyl sites for hydroxylation is 1. The van der Waals surface area contributed by atoms with Crippen molar-refractivity contribution in [3.05, 3.63) is 63.1 Å². The standard InChI is InChI=1S/C24H30BrClN2O3/c1-5-18-9-10-22(21(25)12-18)31-15-23(29)28(14-19-7-6-8-20(26)11-19)17(4)24(30)27-13-16(2)3/h6-12,16-17H,5,13-15H2,1-4H3,(H,27,30). The largest absolute Gasteiger partial charge is 0.483 e. The molecule has 0 saturated carbocycles. The Bertz CT molecular complexity index is 904. The van der Waals surface area contributed by atoms with Crippen molar-refractivity contribution < 1.29 is 14.3 Å². The van der Waals surface area contributed by atoms with Crippen LogP contribution < -0.4 is 10.1 Å². The van der Waals surface area contributed by atoms with Crippen molar-refractivity contribution in [2.45, 2.75) is 46.7 Å². The average Bonchev–Trinajstić information content (AvgIpc) is 2.74. The zero-order valence-electron chi connectivity index (χ0n) is 18.5. The number of carbonyl (C=O) groups excluding carboxylic acids is 2. The third kappa shape index (κ3) is 7.86. The summed E-state index contributed by atoms with van der Waals surface area (Å²) in [6, 6.07) is 12.4. The second-order valence-corrected chi connectivity index (χ2v) is 9.16. The van der Waals surface area contributed by atoms with E-state index in [9.17, 15) is 9.59 Å². The number of halogens is 2. The van der Waals surface area contributed by atoms with E-state index in [0.717, 1.165) is 16.5 Å². The zero-order valence-corrected chi connectivity index (χ0v) is 20.8. The van der Waals surface area contributed by atoms with E-state index >= 15 is 0 Å². The first-order valence-corrected chi connectivity index (χ1v) is 11.6. The summed E-state index contributed by atoms with van der Waals surface area (Å²) < 4.78 is 6.57. The highest BCUT2D eigenvalue weighted by molar-refractivity contribution is 9.10. The minimum absolute atomic E-state index is 0.174. The Balaban J connectivity index is 2.15. The first kappa shape index (κ1) is 25.2. The molecule has 168 valence electrons. The zero-order chi connectivity index (χ0) is 23.0. The summed E-state index contributed by atoms with van der Waals surface area (Å²) in [7, 11) is 0. The first-order valence-electron chi connectivity index (χ1n) is 10.4.